The number of thioether (sulfide) groups is 1. The minimum absolute atomic E-state index is 0.237. The fraction of sp³-hybridized carbons (Fsp3) is 0.188. The summed E-state index contributed by atoms with van der Waals surface area (Å²) in [4.78, 5) is 9.60. The fourth-order valence-corrected chi connectivity index (χ4v) is 2.65. The Morgan fingerprint density at radius 1 is 1.14 bits per heavy atom. The van der Waals surface area contributed by atoms with E-state index in [-0.39, 0.29) is 6.61 Å². The molecule has 0 saturated heterocycles. The maximum atomic E-state index is 5.79. The smallest absolute Gasteiger partial charge is 0.264 e. The van der Waals surface area contributed by atoms with E-state index in [1.54, 1.807) is 18.0 Å². The van der Waals surface area contributed by atoms with Crippen molar-refractivity contribution in [2.45, 2.75) is 18.4 Å². The van der Waals surface area contributed by atoms with Gasteiger partial charge in [-0.05, 0) is 30.0 Å². The molecule has 0 radical (unpaired) electrons. The summed E-state index contributed by atoms with van der Waals surface area (Å²) in [6.07, 6.45) is 1.69. The Kier molecular flexibility index (Phi) is 4.70. The summed E-state index contributed by atoms with van der Waals surface area (Å²) in [6.45, 7) is 2.35. The molecule has 2 aromatic heterocycles. The molecule has 3 aromatic rings. The molecule has 0 saturated carbocycles. The lowest BCUT2D eigenvalue weighted by molar-refractivity contribution is 0.238. The summed E-state index contributed by atoms with van der Waals surface area (Å²) in [5.41, 5.74) is 0.680. The standard InChI is InChI=1S/C16H15N3O2S/c1-2-22-14-9-4-3-8-13(14)20-11-15-18-16(19-21-15)12-7-5-6-10-17-12/h3-10H,2,11H2,1H3. The lowest BCUT2D eigenvalue weighted by Gasteiger charge is -2.08. The van der Waals surface area contributed by atoms with E-state index in [9.17, 15) is 0 Å². The van der Waals surface area contributed by atoms with Gasteiger partial charge in [0.15, 0.2) is 6.61 Å². The maximum absolute atomic E-state index is 5.79. The highest BCUT2D eigenvalue weighted by atomic mass is 32.2. The summed E-state index contributed by atoms with van der Waals surface area (Å²) >= 11 is 1.74. The summed E-state index contributed by atoms with van der Waals surface area (Å²) in [5.74, 6) is 2.71. The molecule has 0 fully saturated rings. The van der Waals surface area contributed by atoms with Crippen molar-refractivity contribution in [3.63, 3.8) is 0 Å². The van der Waals surface area contributed by atoms with E-state index in [4.69, 9.17) is 9.26 Å². The van der Waals surface area contributed by atoms with Gasteiger partial charge in [-0.15, -0.1) is 11.8 Å². The van der Waals surface area contributed by atoms with Gasteiger partial charge in [-0.25, -0.2) is 0 Å². The van der Waals surface area contributed by atoms with Crippen molar-refractivity contribution >= 4 is 11.8 Å². The van der Waals surface area contributed by atoms with E-state index in [0.29, 0.717) is 17.4 Å². The number of hydrogen-bond donors (Lipinski definition) is 0. The van der Waals surface area contributed by atoms with Gasteiger partial charge in [-0.3, -0.25) is 4.98 Å². The van der Waals surface area contributed by atoms with Crippen LogP contribution in [-0.2, 0) is 6.61 Å². The molecule has 112 valence electrons. The molecule has 0 atom stereocenters. The van der Waals surface area contributed by atoms with Crippen LogP contribution in [0, 0.1) is 0 Å². The van der Waals surface area contributed by atoms with Crippen LogP contribution >= 0.6 is 11.8 Å². The molecule has 0 spiro atoms. The third-order valence-corrected chi connectivity index (χ3v) is 3.80. The molecule has 0 unspecified atom stereocenters. The molecule has 6 heteroatoms. The van der Waals surface area contributed by atoms with Crippen molar-refractivity contribution in [3.05, 3.63) is 54.6 Å². The molecule has 5 nitrogen and oxygen atoms in total. The zero-order chi connectivity index (χ0) is 15.2. The average Bonchev–Trinajstić information content (AvgIpc) is 3.04. The topological polar surface area (TPSA) is 61.0 Å². The number of hydrogen-bond acceptors (Lipinski definition) is 6. The van der Waals surface area contributed by atoms with Crippen LogP contribution in [-0.4, -0.2) is 20.9 Å². The number of nitrogens with zero attached hydrogens (tertiary/aromatic N) is 3. The molecule has 3 rings (SSSR count). The molecule has 22 heavy (non-hydrogen) atoms. The predicted octanol–water partition coefficient (Wildman–Crippen LogP) is 3.82. The van der Waals surface area contributed by atoms with Gasteiger partial charge in [0, 0.05) is 11.1 Å². The van der Waals surface area contributed by atoms with Crippen LogP contribution in [0.25, 0.3) is 11.5 Å². The first-order valence-corrected chi connectivity index (χ1v) is 7.94. The lowest BCUT2D eigenvalue weighted by atomic mass is 10.3. The minimum Gasteiger partial charge on any atom is -0.483 e. The van der Waals surface area contributed by atoms with Gasteiger partial charge in [0.1, 0.15) is 11.4 Å². The zero-order valence-electron chi connectivity index (χ0n) is 12.1. The first-order valence-electron chi connectivity index (χ1n) is 6.95. The molecular formula is C16H15N3O2S. The van der Waals surface area contributed by atoms with Gasteiger partial charge < -0.3 is 9.26 Å². The quantitative estimate of drug-likeness (QED) is 0.645. The molecule has 0 aliphatic heterocycles. The third-order valence-electron chi connectivity index (χ3n) is 2.86. The minimum atomic E-state index is 0.237. The largest absolute Gasteiger partial charge is 0.483 e. The SMILES string of the molecule is CCSc1ccccc1OCc1nc(-c2ccccn2)no1. The number of ether oxygens (including phenoxy) is 1. The number of para-hydroxylation sites is 1. The predicted molar refractivity (Wildman–Crippen MR) is 84.7 cm³/mol. The van der Waals surface area contributed by atoms with Crippen molar-refractivity contribution in [1.82, 2.24) is 15.1 Å². The lowest BCUT2D eigenvalue weighted by Crippen LogP contribution is -1.97. The third kappa shape index (κ3) is 3.46. The van der Waals surface area contributed by atoms with Crippen LogP contribution in [0.1, 0.15) is 12.8 Å². The summed E-state index contributed by atoms with van der Waals surface area (Å²) < 4.78 is 11.0. The molecule has 0 bridgehead atoms. The van der Waals surface area contributed by atoms with Gasteiger partial charge in [-0.2, -0.15) is 4.98 Å². The number of aromatic nitrogens is 3. The van der Waals surface area contributed by atoms with Crippen LogP contribution in [0.2, 0.25) is 0 Å². The van der Waals surface area contributed by atoms with Gasteiger partial charge in [0.25, 0.3) is 5.89 Å². The van der Waals surface area contributed by atoms with E-state index in [2.05, 4.69) is 22.0 Å². The Labute approximate surface area is 132 Å². The normalized spacial score (nSPS) is 10.6. The highest BCUT2D eigenvalue weighted by Gasteiger charge is 2.11. The maximum Gasteiger partial charge on any atom is 0.264 e. The second kappa shape index (κ2) is 7.09. The van der Waals surface area contributed by atoms with Crippen molar-refractivity contribution in [1.29, 1.82) is 0 Å². The Hall–Kier alpha value is -2.34. The van der Waals surface area contributed by atoms with Crippen molar-refractivity contribution in [3.8, 4) is 17.3 Å². The molecule has 0 aliphatic carbocycles. The Bertz CT molecular complexity index is 731. The van der Waals surface area contributed by atoms with Gasteiger partial charge >= 0.3 is 0 Å². The van der Waals surface area contributed by atoms with Crippen molar-refractivity contribution in [2.75, 3.05) is 5.75 Å². The highest BCUT2D eigenvalue weighted by Crippen LogP contribution is 2.29. The van der Waals surface area contributed by atoms with Crippen LogP contribution in [0.5, 0.6) is 5.75 Å². The molecular weight excluding hydrogens is 298 g/mol. The van der Waals surface area contributed by atoms with E-state index in [0.717, 1.165) is 16.4 Å². The van der Waals surface area contributed by atoms with E-state index in [1.807, 2.05) is 42.5 Å². The Morgan fingerprint density at radius 2 is 2.00 bits per heavy atom. The fourth-order valence-electron chi connectivity index (χ4n) is 1.90. The average molecular weight is 313 g/mol. The van der Waals surface area contributed by atoms with Gasteiger partial charge in [0.2, 0.25) is 5.82 Å². The summed E-state index contributed by atoms with van der Waals surface area (Å²) in [7, 11) is 0. The van der Waals surface area contributed by atoms with Crippen LogP contribution in [0.15, 0.2) is 58.1 Å². The van der Waals surface area contributed by atoms with Crippen LogP contribution in [0.3, 0.4) is 0 Å². The Morgan fingerprint density at radius 3 is 2.82 bits per heavy atom. The molecule has 0 amide bonds. The van der Waals surface area contributed by atoms with E-state index < -0.39 is 0 Å². The zero-order valence-corrected chi connectivity index (χ0v) is 12.9. The first kappa shape index (κ1) is 14.6. The van der Waals surface area contributed by atoms with Crippen molar-refractivity contribution in [2.24, 2.45) is 0 Å². The van der Waals surface area contributed by atoms with E-state index >= 15 is 0 Å². The van der Waals surface area contributed by atoms with E-state index in [1.165, 1.54) is 0 Å². The number of pyridine rings is 1. The molecule has 2 heterocycles. The van der Waals surface area contributed by atoms with Gasteiger partial charge in [-0.1, -0.05) is 30.3 Å². The second-order valence-corrected chi connectivity index (χ2v) is 5.70. The van der Waals surface area contributed by atoms with Crippen molar-refractivity contribution < 1.29 is 9.26 Å². The molecule has 0 aliphatic rings. The monoisotopic (exact) mass is 313 g/mol. The number of rotatable bonds is 6. The Balaban J connectivity index is 1.69. The van der Waals surface area contributed by atoms with Crippen LogP contribution < -0.4 is 4.74 Å². The second-order valence-electron chi connectivity index (χ2n) is 4.40. The number of benzene rings is 1. The molecule has 1 aromatic carbocycles. The van der Waals surface area contributed by atoms with Crippen LogP contribution in [0.4, 0.5) is 0 Å². The van der Waals surface area contributed by atoms with Gasteiger partial charge in [0.05, 0.1) is 0 Å². The molecule has 0 N–H and O–H groups in total. The summed E-state index contributed by atoms with van der Waals surface area (Å²) in [6, 6.07) is 13.5. The highest BCUT2D eigenvalue weighted by molar-refractivity contribution is 7.99. The first-order chi connectivity index (χ1) is 10.9. The summed E-state index contributed by atoms with van der Waals surface area (Å²) in [5, 5.41) is 3.92.